The Morgan fingerprint density at radius 1 is 1.08 bits per heavy atom. The van der Waals surface area contributed by atoms with E-state index < -0.39 is 17.5 Å². The van der Waals surface area contributed by atoms with Gasteiger partial charge in [0.15, 0.2) is 5.75 Å². The van der Waals surface area contributed by atoms with E-state index in [0.717, 1.165) is 31.4 Å². The van der Waals surface area contributed by atoms with Crippen LogP contribution < -0.4 is 15.0 Å². The summed E-state index contributed by atoms with van der Waals surface area (Å²) in [5, 5.41) is 2.35. The third kappa shape index (κ3) is 5.60. The number of nitrogens with zero attached hydrogens (tertiary/aromatic N) is 4. The summed E-state index contributed by atoms with van der Waals surface area (Å²) in [6.45, 7) is 7.32. The molecule has 12 heteroatoms. The summed E-state index contributed by atoms with van der Waals surface area (Å²) in [4.78, 5) is 36.9. The van der Waals surface area contributed by atoms with Gasteiger partial charge in [-0.3, -0.25) is 14.9 Å². The average Bonchev–Trinajstić information content (AvgIpc) is 3.19. The smallest absolute Gasteiger partial charge is 0.404 e. The van der Waals surface area contributed by atoms with Crippen LogP contribution in [0.4, 0.5) is 23.7 Å². The minimum Gasteiger partial charge on any atom is -0.404 e. The number of halogens is 3. The molecule has 2 aliphatic rings. The molecule has 0 aliphatic carbocycles. The lowest BCUT2D eigenvalue weighted by molar-refractivity contribution is -0.274. The van der Waals surface area contributed by atoms with Crippen molar-refractivity contribution in [2.75, 3.05) is 37.6 Å². The Labute approximate surface area is 220 Å². The molecule has 5 rings (SSSR count). The quantitative estimate of drug-likeness (QED) is 0.452. The highest BCUT2D eigenvalue weighted by molar-refractivity contribution is 8.18. The second-order valence-electron chi connectivity index (χ2n) is 8.90. The van der Waals surface area contributed by atoms with Crippen LogP contribution in [0, 0.1) is 6.92 Å². The molecule has 1 aromatic heterocycles. The number of carbonyl (C=O) groups excluding carboxylic acids is 2. The number of alkyl halides is 3. The number of nitrogens with one attached hydrogen (secondary N) is 1. The highest BCUT2D eigenvalue weighted by Gasteiger charge is 2.33. The van der Waals surface area contributed by atoms with Crippen LogP contribution >= 0.6 is 11.8 Å². The molecule has 0 saturated carbocycles. The van der Waals surface area contributed by atoms with Gasteiger partial charge in [-0.2, -0.15) is 0 Å². The number of hydrogen-bond acceptors (Lipinski definition) is 8. The van der Waals surface area contributed by atoms with Crippen LogP contribution in [0.5, 0.6) is 5.75 Å². The van der Waals surface area contributed by atoms with Crippen LogP contribution in [0.15, 0.2) is 41.3 Å². The number of rotatable bonds is 5. The monoisotopic (exact) mass is 543 g/mol. The zero-order valence-corrected chi connectivity index (χ0v) is 21.4. The molecular weight excluding hydrogens is 519 g/mol. The zero-order valence-electron chi connectivity index (χ0n) is 20.6. The van der Waals surface area contributed by atoms with Gasteiger partial charge in [-0.15, -0.1) is 13.2 Å². The highest BCUT2D eigenvalue weighted by Crippen LogP contribution is 2.38. The van der Waals surface area contributed by atoms with Gasteiger partial charge in [0, 0.05) is 37.1 Å². The maximum atomic E-state index is 13.4. The van der Waals surface area contributed by atoms with Gasteiger partial charge in [-0.1, -0.05) is 19.1 Å². The molecule has 38 heavy (non-hydrogen) atoms. The van der Waals surface area contributed by atoms with E-state index in [1.807, 2.05) is 4.90 Å². The molecule has 2 amide bonds. The van der Waals surface area contributed by atoms with Crippen molar-refractivity contribution in [3.05, 3.63) is 52.7 Å². The number of ether oxygens (including phenoxy) is 1. The average molecular weight is 544 g/mol. The third-order valence-electron chi connectivity index (χ3n) is 6.39. The molecule has 2 fully saturated rings. The molecule has 8 nitrogen and oxygen atoms in total. The number of aryl methyl sites for hydroxylation is 1. The Kier molecular flexibility index (Phi) is 7.01. The van der Waals surface area contributed by atoms with Gasteiger partial charge in [-0.05, 0) is 61.1 Å². The van der Waals surface area contributed by atoms with Crippen molar-refractivity contribution in [3.63, 3.8) is 0 Å². The number of anilines is 1. The number of fused-ring (bicyclic) bond motifs is 1. The number of thioether (sulfide) groups is 1. The molecule has 2 aromatic carbocycles. The number of imide groups is 1. The summed E-state index contributed by atoms with van der Waals surface area (Å²) in [5.74, 6) is -0.321. The fraction of sp³-hybridized carbons (Fsp3) is 0.308. The van der Waals surface area contributed by atoms with E-state index in [-0.39, 0.29) is 10.7 Å². The Morgan fingerprint density at radius 3 is 2.50 bits per heavy atom. The molecule has 3 aromatic rings. The van der Waals surface area contributed by atoms with Gasteiger partial charge in [-0.25, -0.2) is 9.97 Å². The van der Waals surface area contributed by atoms with Crippen molar-refractivity contribution in [1.29, 1.82) is 0 Å². The van der Waals surface area contributed by atoms with Crippen LogP contribution in [0.2, 0.25) is 0 Å². The maximum absolute atomic E-state index is 13.4. The lowest BCUT2D eigenvalue weighted by atomic mass is 10.0. The number of aromatic nitrogens is 2. The summed E-state index contributed by atoms with van der Waals surface area (Å²) in [6, 6.07) is 9.97. The molecule has 2 aliphatic heterocycles. The first-order valence-electron chi connectivity index (χ1n) is 12.0. The van der Waals surface area contributed by atoms with E-state index in [2.05, 4.69) is 31.8 Å². The number of piperazine rings is 1. The van der Waals surface area contributed by atoms with E-state index in [0.29, 0.717) is 52.3 Å². The van der Waals surface area contributed by atoms with E-state index in [1.165, 1.54) is 6.07 Å². The van der Waals surface area contributed by atoms with Crippen LogP contribution in [0.1, 0.15) is 18.3 Å². The predicted molar refractivity (Wildman–Crippen MR) is 140 cm³/mol. The molecule has 0 atom stereocenters. The number of amides is 2. The van der Waals surface area contributed by atoms with Crippen LogP contribution in [-0.4, -0.2) is 65.1 Å². The topological polar surface area (TPSA) is 87.7 Å². The SMILES string of the molecule is CCN1CCN(c2ccc(-c3nc(C)nc4ccc(/C=C5\SC(=O)NC5=O)cc34)cc2OC(F)(F)F)CC1. The fourth-order valence-corrected chi connectivity index (χ4v) is 5.26. The van der Waals surface area contributed by atoms with E-state index >= 15 is 0 Å². The first kappa shape index (κ1) is 26.0. The maximum Gasteiger partial charge on any atom is 0.573 e. The van der Waals surface area contributed by atoms with Crippen LogP contribution in [-0.2, 0) is 4.79 Å². The molecule has 3 heterocycles. The zero-order chi connectivity index (χ0) is 27.0. The number of carbonyl (C=O) groups is 2. The third-order valence-corrected chi connectivity index (χ3v) is 7.20. The Balaban J connectivity index is 1.58. The van der Waals surface area contributed by atoms with Gasteiger partial charge >= 0.3 is 6.36 Å². The van der Waals surface area contributed by atoms with Gasteiger partial charge in [0.05, 0.1) is 21.8 Å². The molecule has 0 spiro atoms. The molecular formula is C26H24F3N5O3S. The summed E-state index contributed by atoms with van der Waals surface area (Å²) in [7, 11) is 0. The largest absolute Gasteiger partial charge is 0.573 e. The Hall–Kier alpha value is -3.64. The second kappa shape index (κ2) is 10.3. The number of likely N-dealkylation sites (N-methyl/N-ethyl adjacent to an activating group) is 1. The van der Waals surface area contributed by atoms with Crippen LogP contribution in [0.3, 0.4) is 0 Å². The number of benzene rings is 2. The minimum atomic E-state index is -4.86. The van der Waals surface area contributed by atoms with Crippen LogP contribution in [0.25, 0.3) is 28.2 Å². The summed E-state index contributed by atoms with van der Waals surface area (Å²) >= 11 is 0.800. The van der Waals surface area contributed by atoms with Gasteiger partial charge < -0.3 is 14.5 Å². The Bertz CT molecular complexity index is 1450. The highest BCUT2D eigenvalue weighted by atomic mass is 32.2. The predicted octanol–water partition coefficient (Wildman–Crippen LogP) is 4.97. The Morgan fingerprint density at radius 2 is 1.84 bits per heavy atom. The van der Waals surface area contributed by atoms with E-state index in [4.69, 9.17) is 0 Å². The summed E-state index contributed by atoms with van der Waals surface area (Å²) in [5.41, 5.74) is 2.45. The fourth-order valence-electron chi connectivity index (χ4n) is 4.58. The van der Waals surface area contributed by atoms with Crippen molar-refractivity contribution in [1.82, 2.24) is 20.2 Å². The first-order valence-corrected chi connectivity index (χ1v) is 12.8. The number of hydrogen-bond donors (Lipinski definition) is 1. The minimum absolute atomic E-state index is 0.248. The molecule has 0 bridgehead atoms. The molecule has 1 N–H and O–H groups in total. The molecule has 2 saturated heterocycles. The van der Waals surface area contributed by atoms with Gasteiger partial charge in [0.25, 0.3) is 11.1 Å². The summed E-state index contributed by atoms with van der Waals surface area (Å²) < 4.78 is 44.8. The van der Waals surface area contributed by atoms with Crippen molar-refractivity contribution in [3.8, 4) is 17.0 Å². The molecule has 198 valence electrons. The van der Waals surface area contributed by atoms with Gasteiger partial charge in [0.1, 0.15) is 5.82 Å². The molecule has 0 unspecified atom stereocenters. The van der Waals surface area contributed by atoms with Crippen molar-refractivity contribution in [2.24, 2.45) is 0 Å². The lowest BCUT2D eigenvalue weighted by Crippen LogP contribution is -2.46. The first-order chi connectivity index (χ1) is 18.1. The van der Waals surface area contributed by atoms with Crippen molar-refractivity contribution in [2.45, 2.75) is 20.2 Å². The van der Waals surface area contributed by atoms with Crippen molar-refractivity contribution < 1.29 is 27.5 Å². The van der Waals surface area contributed by atoms with Crippen molar-refractivity contribution >= 4 is 45.6 Å². The summed E-state index contributed by atoms with van der Waals surface area (Å²) in [6.07, 6.45) is -3.29. The lowest BCUT2D eigenvalue weighted by Gasteiger charge is -2.36. The van der Waals surface area contributed by atoms with E-state index in [9.17, 15) is 22.8 Å². The molecule has 0 radical (unpaired) electrons. The standard InChI is InChI=1S/C26H24F3N5O3S/c1-3-33-8-10-34(11-9-33)20-7-5-17(14-21(20)37-26(27,28)29)23-18-12-16(4-6-19(18)30-15(2)31-23)13-22-24(35)32-25(36)38-22/h4-7,12-14H,3,8-11H2,1-2H3,(H,32,35,36)/b22-13-. The van der Waals surface area contributed by atoms with E-state index in [1.54, 1.807) is 43.3 Å². The van der Waals surface area contributed by atoms with Gasteiger partial charge in [0.2, 0.25) is 0 Å². The second-order valence-corrected chi connectivity index (χ2v) is 9.91. The normalized spacial score (nSPS) is 17.9.